The molecule has 2 aromatic carbocycles. The van der Waals surface area contributed by atoms with Crippen LogP contribution in [-0.4, -0.2) is 23.5 Å². The number of benzene rings is 2. The maximum Gasteiger partial charge on any atom is 0.261 e. The van der Waals surface area contributed by atoms with Crippen molar-refractivity contribution < 1.29 is 14.7 Å². The predicted molar refractivity (Wildman–Crippen MR) is 87.3 cm³/mol. The minimum absolute atomic E-state index is 0.190. The number of hydrogen-bond acceptors (Lipinski definition) is 3. The molecular weight excluding hydrogens is 292 g/mol. The van der Waals surface area contributed by atoms with Crippen molar-refractivity contribution in [3.8, 4) is 0 Å². The first-order chi connectivity index (χ1) is 11.0. The third kappa shape index (κ3) is 3.96. The number of carbonyl (C=O) groups is 2. The second kappa shape index (κ2) is 7.56. The maximum atomic E-state index is 12.6. The van der Waals surface area contributed by atoms with Crippen molar-refractivity contribution in [2.24, 2.45) is 5.73 Å². The first kappa shape index (κ1) is 16.7. The first-order valence-corrected chi connectivity index (χ1v) is 7.45. The van der Waals surface area contributed by atoms with Gasteiger partial charge in [-0.25, -0.2) is 0 Å². The third-order valence-corrected chi connectivity index (χ3v) is 3.60. The van der Waals surface area contributed by atoms with Crippen LogP contribution in [0.3, 0.4) is 0 Å². The van der Waals surface area contributed by atoms with E-state index >= 15 is 0 Å². The van der Waals surface area contributed by atoms with Gasteiger partial charge in [-0.15, -0.1) is 0 Å². The molecule has 0 spiro atoms. The Labute approximate surface area is 135 Å². The fourth-order valence-electron chi connectivity index (χ4n) is 2.38. The average Bonchev–Trinajstić information content (AvgIpc) is 2.59. The molecule has 4 N–H and O–H groups in total. The van der Waals surface area contributed by atoms with Gasteiger partial charge in [0, 0.05) is 13.0 Å². The Bertz CT molecular complexity index is 617. The van der Waals surface area contributed by atoms with Gasteiger partial charge in [-0.2, -0.15) is 0 Å². The van der Waals surface area contributed by atoms with E-state index in [9.17, 15) is 14.7 Å². The maximum absolute atomic E-state index is 12.6. The molecule has 0 radical (unpaired) electrons. The number of rotatable bonds is 7. The monoisotopic (exact) mass is 312 g/mol. The normalized spacial score (nSPS) is 11.0. The fourth-order valence-corrected chi connectivity index (χ4v) is 2.38. The highest BCUT2D eigenvalue weighted by Crippen LogP contribution is 2.29. The number of carbonyl (C=O) groups excluding carboxylic acids is 2. The van der Waals surface area contributed by atoms with E-state index in [1.54, 1.807) is 48.5 Å². The third-order valence-electron chi connectivity index (χ3n) is 3.60. The Morgan fingerprint density at radius 2 is 1.43 bits per heavy atom. The lowest BCUT2D eigenvalue weighted by Gasteiger charge is -2.28. The number of nitrogens with two attached hydrogens (primary N) is 1. The number of amides is 2. The van der Waals surface area contributed by atoms with Crippen LogP contribution in [0.2, 0.25) is 0 Å². The highest BCUT2D eigenvalue weighted by atomic mass is 16.3. The van der Waals surface area contributed by atoms with Gasteiger partial charge in [-0.3, -0.25) is 9.59 Å². The van der Waals surface area contributed by atoms with Crippen LogP contribution in [-0.2, 0) is 15.2 Å². The fraction of sp³-hybridized carbons (Fsp3) is 0.222. The van der Waals surface area contributed by atoms with Crippen LogP contribution in [0, 0.1) is 0 Å². The topological polar surface area (TPSA) is 92.4 Å². The molecule has 0 bridgehead atoms. The van der Waals surface area contributed by atoms with Gasteiger partial charge >= 0.3 is 0 Å². The van der Waals surface area contributed by atoms with Crippen LogP contribution in [0.4, 0.5) is 0 Å². The van der Waals surface area contributed by atoms with Crippen molar-refractivity contribution in [2.45, 2.75) is 18.4 Å². The smallest absolute Gasteiger partial charge is 0.261 e. The van der Waals surface area contributed by atoms with E-state index in [4.69, 9.17) is 5.73 Å². The summed E-state index contributed by atoms with van der Waals surface area (Å²) in [5.41, 5.74) is 4.26. The van der Waals surface area contributed by atoms with Gasteiger partial charge < -0.3 is 16.2 Å². The van der Waals surface area contributed by atoms with E-state index in [1.807, 2.05) is 12.1 Å². The Morgan fingerprint density at radius 3 is 1.87 bits per heavy atom. The van der Waals surface area contributed by atoms with E-state index in [0.29, 0.717) is 17.5 Å². The van der Waals surface area contributed by atoms with Crippen LogP contribution >= 0.6 is 0 Å². The van der Waals surface area contributed by atoms with Gasteiger partial charge in [0.2, 0.25) is 5.91 Å². The van der Waals surface area contributed by atoms with E-state index in [-0.39, 0.29) is 13.0 Å². The number of hydrogen-bond donors (Lipinski definition) is 3. The van der Waals surface area contributed by atoms with Crippen LogP contribution in [0.15, 0.2) is 60.7 Å². The second-order valence-corrected chi connectivity index (χ2v) is 5.27. The van der Waals surface area contributed by atoms with Crippen LogP contribution in [0.25, 0.3) is 0 Å². The van der Waals surface area contributed by atoms with E-state index in [1.165, 1.54) is 0 Å². The first-order valence-electron chi connectivity index (χ1n) is 7.45. The van der Waals surface area contributed by atoms with E-state index in [2.05, 4.69) is 5.32 Å². The zero-order chi connectivity index (χ0) is 16.7. The summed E-state index contributed by atoms with van der Waals surface area (Å²) < 4.78 is 0. The van der Waals surface area contributed by atoms with Crippen molar-refractivity contribution in [2.75, 3.05) is 6.54 Å². The number of nitrogens with one attached hydrogen (secondary N) is 1. The van der Waals surface area contributed by atoms with Gasteiger partial charge in [-0.05, 0) is 17.5 Å². The number of primary amides is 1. The Kier molecular flexibility index (Phi) is 5.49. The molecule has 120 valence electrons. The molecule has 23 heavy (non-hydrogen) atoms. The molecule has 0 aliphatic heterocycles. The Hall–Kier alpha value is -2.66. The largest absolute Gasteiger partial charge is 0.372 e. The standard InChI is InChI=1S/C18H20N2O3/c19-16(21)12-7-13-20-17(22)18(23,14-8-3-1-4-9-14)15-10-5-2-6-11-15/h1-6,8-11,23H,7,12-13H2,(H2,19,21)(H,20,22). The summed E-state index contributed by atoms with van der Waals surface area (Å²) in [6.07, 6.45) is 0.621. The molecule has 0 saturated carbocycles. The van der Waals surface area contributed by atoms with Crippen molar-refractivity contribution in [3.05, 3.63) is 71.8 Å². The lowest BCUT2D eigenvalue weighted by atomic mass is 9.85. The second-order valence-electron chi connectivity index (χ2n) is 5.27. The van der Waals surface area contributed by atoms with Crippen LogP contribution in [0.1, 0.15) is 24.0 Å². The van der Waals surface area contributed by atoms with Gasteiger partial charge in [0.05, 0.1) is 0 Å². The molecule has 5 nitrogen and oxygen atoms in total. The lowest BCUT2D eigenvalue weighted by Crippen LogP contribution is -2.45. The summed E-state index contributed by atoms with van der Waals surface area (Å²) in [5, 5.41) is 13.8. The van der Waals surface area contributed by atoms with Crippen molar-refractivity contribution in [1.29, 1.82) is 0 Å². The van der Waals surface area contributed by atoms with E-state index < -0.39 is 17.4 Å². The molecule has 0 atom stereocenters. The quantitative estimate of drug-likeness (QED) is 0.673. The van der Waals surface area contributed by atoms with E-state index in [0.717, 1.165) is 0 Å². The molecule has 0 fully saturated rings. The van der Waals surface area contributed by atoms with Gasteiger partial charge in [0.25, 0.3) is 5.91 Å². The molecule has 0 unspecified atom stereocenters. The molecule has 2 amide bonds. The highest BCUT2D eigenvalue weighted by Gasteiger charge is 2.39. The molecular formula is C18H20N2O3. The summed E-state index contributed by atoms with van der Waals surface area (Å²) in [6, 6.07) is 17.5. The summed E-state index contributed by atoms with van der Waals surface area (Å²) in [4.78, 5) is 23.4. The molecule has 5 heteroatoms. The molecule has 0 aliphatic rings. The van der Waals surface area contributed by atoms with Crippen LogP contribution < -0.4 is 11.1 Å². The zero-order valence-electron chi connectivity index (χ0n) is 12.7. The zero-order valence-corrected chi connectivity index (χ0v) is 12.7. The molecule has 2 aromatic rings. The predicted octanol–water partition coefficient (Wildman–Crippen LogP) is 1.30. The molecule has 0 aromatic heterocycles. The van der Waals surface area contributed by atoms with Gasteiger partial charge in [0.1, 0.15) is 0 Å². The lowest BCUT2D eigenvalue weighted by molar-refractivity contribution is -0.136. The van der Waals surface area contributed by atoms with Crippen molar-refractivity contribution >= 4 is 11.8 Å². The average molecular weight is 312 g/mol. The Morgan fingerprint density at radius 1 is 0.957 bits per heavy atom. The minimum atomic E-state index is -1.78. The number of aliphatic hydroxyl groups is 1. The summed E-state index contributed by atoms with van der Waals surface area (Å²) in [5.74, 6) is -0.944. The van der Waals surface area contributed by atoms with Crippen molar-refractivity contribution in [1.82, 2.24) is 5.32 Å². The van der Waals surface area contributed by atoms with Crippen molar-refractivity contribution in [3.63, 3.8) is 0 Å². The summed E-state index contributed by atoms with van der Waals surface area (Å²) >= 11 is 0. The van der Waals surface area contributed by atoms with Gasteiger partial charge in [-0.1, -0.05) is 60.7 Å². The minimum Gasteiger partial charge on any atom is -0.372 e. The molecule has 0 aliphatic carbocycles. The summed E-state index contributed by atoms with van der Waals surface area (Å²) in [6.45, 7) is 0.268. The molecule has 0 heterocycles. The molecule has 2 rings (SSSR count). The van der Waals surface area contributed by atoms with Crippen LogP contribution in [0.5, 0.6) is 0 Å². The SMILES string of the molecule is NC(=O)CCCNC(=O)C(O)(c1ccccc1)c1ccccc1. The Balaban J connectivity index is 2.24. The molecule has 0 saturated heterocycles. The highest BCUT2D eigenvalue weighted by molar-refractivity contribution is 5.90. The van der Waals surface area contributed by atoms with Gasteiger partial charge in [0.15, 0.2) is 5.60 Å². The summed E-state index contributed by atoms with van der Waals surface area (Å²) in [7, 11) is 0.